The fraction of sp³-hybridized carbons (Fsp3) is 0.733. The van der Waals surface area contributed by atoms with Crippen molar-refractivity contribution in [1.82, 2.24) is 9.97 Å². The maximum Gasteiger partial charge on any atom is 0.158 e. The summed E-state index contributed by atoms with van der Waals surface area (Å²) in [6.07, 6.45) is 3.67. The smallest absolute Gasteiger partial charge is 0.158 e. The number of rotatable bonds is 8. The van der Waals surface area contributed by atoms with E-state index in [4.69, 9.17) is 16.3 Å². The van der Waals surface area contributed by atoms with E-state index in [0.717, 1.165) is 12.4 Å². The predicted molar refractivity (Wildman–Crippen MR) is 82.2 cm³/mol. The molecule has 0 bridgehead atoms. The van der Waals surface area contributed by atoms with Crippen LogP contribution < -0.4 is 4.90 Å². The molecule has 1 aliphatic carbocycles. The second-order valence-corrected chi connectivity index (χ2v) is 6.10. The van der Waals surface area contributed by atoms with Crippen LogP contribution in [-0.4, -0.2) is 29.2 Å². The summed E-state index contributed by atoms with van der Waals surface area (Å²) in [7, 11) is 0. The van der Waals surface area contributed by atoms with E-state index in [1.807, 2.05) is 13.0 Å². The highest BCUT2D eigenvalue weighted by Crippen LogP contribution is 2.32. The van der Waals surface area contributed by atoms with Gasteiger partial charge in [-0.05, 0) is 32.1 Å². The number of anilines is 1. The quantitative estimate of drug-likeness (QED) is 0.686. The molecule has 4 nitrogen and oxygen atoms in total. The molecule has 20 heavy (non-hydrogen) atoms. The van der Waals surface area contributed by atoms with Gasteiger partial charge in [0.05, 0.1) is 0 Å². The first kappa shape index (κ1) is 15.5. The van der Waals surface area contributed by atoms with E-state index in [1.54, 1.807) is 0 Å². The molecule has 0 saturated heterocycles. The maximum atomic E-state index is 6.13. The molecule has 0 radical (unpaired) electrons. The van der Waals surface area contributed by atoms with Gasteiger partial charge in [0.2, 0.25) is 0 Å². The van der Waals surface area contributed by atoms with Crippen LogP contribution in [0.15, 0.2) is 6.07 Å². The molecule has 1 aromatic rings. The standard InChI is InChI=1S/C15H24ClN3O/c1-4-20-10-14-17-13(16)9-15(18-14)19(12-5-6-12)8-7-11(2)3/h9,11-12H,4-8,10H2,1-3H3. The van der Waals surface area contributed by atoms with E-state index in [1.165, 1.54) is 19.3 Å². The molecule has 0 aromatic carbocycles. The molecule has 0 spiro atoms. The highest BCUT2D eigenvalue weighted by molar-refractivity contribution is 6.29. The van der Waals surface area contributed by atoms with Gasteiger partial charge in [0.25, 0.3) is 0 Å². The number of halogens is 1. The second-order valence-electron chi connectivity index (χ2n) is 5.71. The number of aromatic nitrogens is 2. The largest absolute Gasteiger partial charge is 0.374 e. The number of ether oxygens (including phenoxy) is 1. The Kier molecular flexibility index (Phi) is 5.61. The molecular formula is C15H24ClN3O. The number of hydrogen-bond donors (Lipinski definition) is 0. The van der Waals surface area contributed by atoms with E-state index >= 15 is 0 Å². The lowest BCUT2D eigenvalue weighted by Gasteiger charge is -2.25. The SMILES string of the molecule is CCOCc1nc(Cl)cc(N(CCC(C)C)C2CC2)n1. The third-order valence-corrected chi connectivity index (χ3v) is 3.59. The van der Waals surface area contributed by atoms with Crippen molar-refractivity contribution in [2.75, 3.05) is 18.1 Å². The molecule has 1 aliphatic rings. The van der Waals surface area contributed by atoms with Crippen molar-refractivity contribution in [2.45, 2.75) is 52.7 Å². The molecule has 0 atom stereocenters. The van der Waals surface area contributed by atoms with Crippen LogP contribution in [0.4, 0.5) is 5.82 Å². The predicted octanol–water partition coefficient (Wildman–Crippen LogP) is 3.68. The van der Waals surface area contributed by atoms with E-state index < -0.39 is 0 Å². The van der Waals surface area contributed by atoms with Crippen molar-refractivity contribution in [3.05, 3.63) is 17.0 Å². The minimum atomic E-state index is 0.423. The molecular weight excluding hydrogens is 274 g/mol. The monoisotopic (exact) mass is 297 g/mol. The van der Waals surface area contributed by atoms with Crippen LogP contribution >= 0.6 is 11.6 Å². The van der Waals surface area contributed by atoms with Gasteiger partial charge >= 0.3 is 0 Å². The first-order chi connectivity index (χ1) is 9.60. The van der Waals surface area contributed by atoms with Crippen LogP contribution in [0, 0.1) is 5.92 Å². The first-order valence-corrected chi connectivity index (χ1v) is 7.85. The minimum Gasteiger partial charge on any atom is -0.374 e. The van der Waals surface area contributed by atoms with Crippen LogP contribution in [0.5, 0.6) is 0 Å². The normalized spacial score (nSPS) is 14.8. The van der Waals surface area contributed by atoms with Crippen LogP contribution in [0.2, 0.25) is 5.15 Å². The Morgan fingerprint density at radius 3 is 2.75 bits per heavy atom. The van der Waals surface area contributed by atoms with E-state index in [2.05, 4.69) is 28.7 Å². The third-order valence-electron chi connectivity index (χ3n) is 3.39. The Morgan fingerprint density at radius 1 is 1.40 bits per heavy atom. The van der Waals surface area contributed by atoms with Gasteiger partial charge in [-0.15, -0.1) is 0 Å². The summed E-state index contributed by atoms with van der Waals surface area (Å²) in [6.45, 7) is 8.57. The van der Waals surface area contributed by atoms with Crippen LogP contribution in [-0.2, 0) is 11.3 Å². The van der Waals surface area contributed by atoms with E-state index in [9.17, 15) is 0 Å². The topological polar surface area (TPSA) is 38.2 Å². The molecule has 1 aromatic heterocycles. The molecule has 2 rings (SSSR count). The van der Waals surface area contributed by atoms with Gasteiger partial charge in [-0.25, -0.2) is 9.97 Å². The lowest BCUT2D eigenvalue weighted by Crippen LogP contribution is -2.29. The fourth-order valence-corrected chi connectivity index (χ4v) is 2.32. The lowest BCUT2D eigenvalue weighted by atomic mass is 10.1. The fourth-order valence-electron chi connectivity index (χ4n) is 2.12. The van der Waals surface area contributed by atoms with Gasteiger partial charge in [-0.1, -0.05) is 25.4 Å². The number of hydrogen-bond acceptors (Lipinski definition) is 4. The van der Waals surface area contributed by atoms with Gasteiger partial charge in [0.1, 0.15) is 17.6 Å². The summed E-state index contributed by atoms with van der Waals surface area (Å²) in [6, 6.07) is 2.50. The third kappa shape index (κ3) is 4.60. The van der Waals surface area contributed by atoms with Crippen molar-refractivity contribution in [2.24, 2.45) is 5.92 Å². The average Bonchev–Trinajstić information content (AvgIpc) is 3.20. The molecule has 0 unspecified atom stereocenters. The van der Waals surface area contributed by atoms with E-state index in [-0.39, 0.29) is 0 Å². The van der Waals surface area contributed by atoms with Gasteiger partial charge in [0, 0.05) is 25.3 Å². The van der Waals surface area contributed by atoms with Gasteiger partial charge in [-0.2, -0.15) is 0 Å². The molecule has 112 valence electrons. The van der Waals surface area contributed by atoms with Gasteiger partial charge in [0.15, 0.2) is 5.82 Å². The zero-order valence-electron chi connectivity index (χ0n) is 12.6. The Hall–Kier alpha value is -0.870. The maximum absolute atomic E-state index is 6.13. The highest BCUT2D eigenvalue weighted by Gasteiger charge is 2.30. The van der Waals surface area contributed by atoms with Crippen molar-refractivity contribution in [3.63, 3.8) is 0 Å². The molecule has 1 saturated carbocycles. The Balaban J connectivity index is 2.12. The Labute approximate surface area is 126 Å². The minimum absolute atomic E-state index is 0.423. The Morgan fingerprint density at radius 2 is 2.15 bits per heavy atom. The molecule has 5 heteroatoms. The molecule has 1 fully saturated rings. The number of nitrogens with zero attached hydrogens (tertiary/aromatic N) is 3. The van der Waals surface area contributed by atoms with Gasteiger partial charge in [-0.3, -0.25) is 0 Å². The highest BCUT2D eigenvalue weighted by atomic mass is 35.5. The van der Waals surface area contributed by atoms with Gasteiger partial charge < -0.3 is 9.64 Å². The Bertz CT molecular complexity index is 435. The summed E-state index contributed by atoms with van der Waals surface area (Å²) in [4.78, 5) is 11.2. The van der Waals surface area contributed by atoms with Crippen molar-refractivity contribution in [1.29, 1.82) is 0 Å². The molecule has 0 aliphatic heterocycles. The average molecular weight is 298 g/mol. The van der Waals surface area contributed by atoms with Crippen molar-refractivity contribution >= 4 is 17.4 Å². The summed E-state index contributed by atoms with van der Waals surface area (Å²) < 4.78 is 5.38. The van der Waals surface area contributed by atoms with Crippen LogP contribution in [0.25, 0.3) is 0 Å². The molecule has 0 amide bonds. The zero-order valence-corrected chi connectivity index (χ0v) is 13.4. The lowest BCUT2D eigenvalue weighted by molar-refractivity contribution is 0.128. The summed E-state index contributed by atoms with van der Waals surface area (Å²) in [5.74, 6) is 2.31. The summed E-state index contributed by atoms with van der Waals surface area (Å²) in [5.41, 5.74) is 0. The van der Waals surface area contributed by atoms with Crippen molar-refractivity contribution < 1.29 is 4.74 Å². The van der Waals surface area contributed by atoms with Crippen molar-refractivity contribution in [3.8, 4) is 0 Å². The van der Waals surface area contributed by atoms with E-state index in [0.29, 0.717) is 36.2 Å². The second kappa shape index (κ2) is 7.23. The summed E-state index contributed by atoms with van der Waals surface area (Å²) in [5, 5.41) is 0.500. The van der Waals surface area contributed by atoms with Crippen LogP contribution in [0.3, 0.4) is 0 Å². The van der Waals surface area contributed by atoms with Crippen LogP contribution in [0.1, 0.15) is 45.9 Å². The summed E-state index contributed by atoms with van der Waals surface area (Å²) >= 11 is 6.13. The zero-order chi connectivity index (χ0) is 14.5. The molecule has 0 N–H and O–H groups in total. The molecule has 1 heterocycles. The first-order valence-electron chi connectivity index (χ1n) is 7.48.